The van der Waals surface area contributed by atoms with E-state index in [0.717, 1.165) is 17.1 Å². The van der Waals surface area contributed by atoms with Crippen molar-refractivity contribution in [1.29, 1.82) is 0 Å². The molecule has 0 N–H and O–H groups in total. The van der Waals surface area contributed by atoms with E-state index in [4.69, 9.17) is 0 Å². The lowest BCUT2D eigenvalue weighted by Crippen LogP contribution is -2.16. The maximum Gasteiger partial charge on any atom is 0.0541 e. The number of anilines is 3. The quantitative estimate of drug-likeness (QED) is 0.151. The van der Waals surface area contributed by atoms with Crippen LogP contribution in [0.4, 0.5) is 17.1 Å². The largest absolute Gasteiger partial charge is 0.309 e. The highest BCUT2D eigenvalue weighted by atomic mass is 15.1. The van der Waals surface area contributed by atoms with Crippen molar-refractivity contribution >= 4 is 71.2 Å². The van der Waals surface area contributed by atoms with Crippen LogP contribution in [0, 0.1) is 0 Å². The van der Waals surface area contributed by atoms with Crippen LogP contribution in [-0.4, -0.2) is 4.57 Å². The third-order valence-corrected chi connectivity index (χ3v) is 14.0. The Labute approximate surface area is 390 Å². The van der Waals surface area contributed by atoms with E-state index in [1.54, 1.807) is 0 Å². The van der Waals surface area contributed by atoms with Gasteiger partial charge >= 0.3 is 0 Å². The number of benzene rings is 10. The first-order valence-electron chi connectivity index (χ1n) is 23.6. The molecule has 0 spiro atoms. The van der Waals surface area contributed by atoms with Gasteiger partial charge in [-0.15, -0.1) is 0 Å². The third kappa shape index (κ3) is 6.94. The molecule has 0 aliphatic heterocycles. The molecule has 1 aromatic heterocycles. The number of rotatable bonds is 6. The fraction of sp³-hybridized carbons (Fsp3) is 0.188. The summed E-state index contributed by atoms with van der Waals surface area (Å²) in [6.07, 6.45) is 0. The lowest BCUT2D eigenvalue weighted by molar-refractivity contribution is 0.569. The van der Waals surface area contributed by atoms with Gasteiger partial charge in [-0.1, -0.05) is 208 Å². The van der Waals surface area contributed by atoms with Gasteiger partial charge in [-0.25, -0.2) is 0 Å². The SMILES string of the molecule is CC(C)(C)c1ccc(-c2ccccc2N(c2ccc(-c3cc(C(C)(C)C)cc(C(C)(C)C)c3)cc2)c2ccc3ccc4c(-n5c6ccccc6c6ccccc65)ccc5ccc2c3c54)cc1. The van der Waals surface area contributed by atoms with Gasteiger partial charge < -0.3 is 9.47 Å². The molecule has 0 atom stereocenters. The molecule has 0 aliphatic carbocycles. The molecular formula is C64H58N2. The Kier molecular flexibility index (Phi) is 9.57. The number of hydrogen-bond donors (Lipinski definition) is 0. The van der Waals surface area contributed by atoms with E-state index in [-0.39, 0.29) is 16.2 Å². The number of para-hydroxylation sites is 3. The fourth-order valence-corrected chi connectivity index (χ4v) is 10.3. The van der Waals surface area contributed by atoms with Crippen molar-refractivity contribution in [3.63, 3.8) is 0 Å². The molecule has 11 aromatic rings. The van der Waals surface area contributed by atoms with Gasteiger partial charge in [-0.3, -0.25) is 0 Å². The smallest absolute Gasteiger partial charge is 0.0541 e. The summed E-state index contributed by atoms with van der Waals surface area (Å²) in [5.74, 6) is 0. The molecular weight excluding hydrogens is 797 g/mol. The molecule has 2 nitrogen and oxygen atoms in total. The molecule has 0 saturated heterocycles. The summed E-state index contributed by atoms with van der Waals surface area (Å²) < 4.78 is 2.47. The lowest BCUT2D eigenvalue weighted by atomic mass is 9.79. The second kappa shape index (κ2) is 15.2. The predicted molar refractivity (Wildman–Crippen MR) is 286 cm³/mol. The Bertz CT molecular complexity index is 3530. The number of fused-ring (bicyclic) bond motifs is 3. The molecule has 66 heavy (non-hydrogen) atoms. The van der Waals surface area contributed by atoms with Gasteiger partial charge in [0.05, 0.1) is 28.1 Å². The van der Waals surface area contributed by atoms with E-state index < -0.39 is 0 Å². The first-order chi connectivity index (χ1) is 31.6. The maximum atomic E-state index is 2.50. The zero-order valence-electron chi connectivity index (χ0n) is 39.8. The van der Waals surface area contributed by atoms with Crippen molar-refractivity contribution in [3.8, 4) is 27.9 Å². The van der Waals surface area contributed by atoms with Crippen LogP contribution in [0.5, 0.6) is 0 Å². The minimum Gasteiger partial charge on any atom is -0.309 e. The molecule has 0 unspecified atom stereocenters. The van der Waals surface area contributed by atoms with Crippen molar-refractivity contribution in [2.24, 2.45) is 0 Å². The van der Waals surface area contributed by atoms with E-state index >= 15 is 0 Å². The normalized spacial score (nSPS) is 12.6. The molecule has 10 aromatic carbocycles. The fourth-order valence-electron chi connectivity index (χ4n) is 10.3. The van der Waals surface area contributed by atoms with E-state index in [9.17, 15) is 0 Å². The minimum absolute atomic E-state index is 0.0286. The van der Waals surface area contributed by atoms with Crippen LogP contribution in [0.2, 0.25) is 0 Å². The van der Waals surface area contributed by atoms with Crippen molar-refractivity contribution in [3.05, 3.63) is 205 Å². The van der Waals surface area contributed by atoms with Gasteiger partial charge in [-0.2, -0.15) is 0 Å². The zero-order chi connectivity index (χ0) is 45.7. The summed E-state index contributed by atoms with van der Waals surface area (Å²) in [6.45, 7) is 20.7. The Balaban J connectivity index is 1.14. The number of nitrogens with zero attached hydrogens (tertiary/aromatic N) is 2. The topological polar surface area (TPSA) is 8.17 Å². The Morgan fingerprint density at radius 3 is 1.45 bits per heavy atom. The van der Waals surface area contributed by atoms with Gasteiger partial charge in [0.2, 0.25) is 0 Å². The molecule has 0 saturated carbocycles. The Morgan fingerprint density at radius 2 is 0.848 bits per heavy atom. The van der Waals surface area contributed by atoms with Crippen LogP contribution in [0.25, 0.3) is 82.1 Å². The monoisotopic (exact) mass is 854 g/mol. The minimum atomic E-state index is 0.0286. The highest BCUT2D eigenvalue weighted by Gasteiger charge is 2.25. The van der Waals surface area contributed by atoms with Gasteiger partial charge in [0.25, 0.3) is 0 Å². The van der Waals surface area contributed by atoms with Crippen molar-refractivity contribution in [2.75, 3.05) is 4.90 Å². The van der Waals surface area contributed by atoms with Gasteiger partial charge in [0.15, 0.2) is 0 Å². The van der Waals surface area contributed by atoms with E-state index in [2.05, 4.69) is 260 Å². The molecule has 0 bridgehead atoms. The van der Waals surface area contributed by atoms with Crippen LogP contribution in [0.1, 0.15) is 79.0 Å². The van der Waals surface area contributed by atoms with E-state index in [1.807, 2.05) is 0 Å². The summed E-state index contributed by atoms with van der Waals surface area (Å²) in [7, 11) is 0. The van der Waals surface area contributed by atoms with Crippen LogP contribution < -0.4 is 4.90 Å². The highest BCUT2D eigenvalue weighted by molar-refractivity contribution is 6.27. The van der Waals surface area contributed by atoms with Gasteiger partial charge in [-0.05, 0) is 114 Å². The van der Waals surface area contributed by atoms with Crippen molar-refractivity contribution in [2.45, 2.75) is 78.6 Å². The molecule has 11 rings (SSSR count). The maximum absolute atomic E-state index is 2.50. The first kappa shape index (κ1) is 41.5. The molecule has 324 valence electrons. The second-order valence-corrected chi connectivity index (χ2v) is 21.5. The first-order valence-corrected chi connectivity index (χ1v) is 23.6. The second-order valence-electron chi connectivity index (χ2n) is 21.5. The van der Waals surface area contributed by atoms with E-state index in [0.29, 0.717) is 0 Å². The summed E-state index contributed by atoms with van der Waals surface area (Å²) in [4.78, 5) is 2.50. The molecule has 0 aliphatic rings. The summed E-state index contributed by atoms with van der Waals surface area (Å²) in [6, 6.07) is 70.9. The predicted octanol–water partition coefficient (Wildman–Crippen LogP) is 18.4. The molecule has 0 fully saturated rings. The number of aromatic nitrogens is 1. The third-order valence-electron chi connectivity index (χ3n) is 14.0. The average molecular weight is 855 g/mol. The lowest BCUT2D eigenvalue weighted by Gasteiger charge is -2.30. The summed E-state index contributed by atoms with van der Waals surface area (Å²) >= 11 is 0. The van der Waals surface area contributed by atoms with Crippen LogP contribution in [0.3, 0.4) is 0 Å². The molecule has 2 heteroatoms. The Morgan fingerprint density at radius 1 is 0.348 bits per heavy atom. The molecule has 0 radical (unpaired) electrons. The average Bonchev–Trinajstić information content (AvgIpc) is 3.65. The van der Waals surface area contributed by atoms with Crippen molar-refractivity contribution < 1.29 is 0 Å². The molecule has 0 amide bonds. The standard InChI is InChI=1S/C64H58N2/c1-62(2,3)46-30-22-42(23-31-46)50-16-10-13-19-55(50)65(49-32-24-41(25-33-49)45-38-47(63(4,5)6)40-48(39-45)64(7,8)9)58-36-28-43-27-35-54-59(37-29-44-26-34-53(58)60(43)61(44)54)66-56-20-14-11-17-51(56)52-18-12-15-21-57(52)66/h10-40H,1-9H3. The highest BCUT2D eigenvalue weighted by Crippen LogP contribution is 2.48. The Hall–Kier alpha value is -7.16. The zero-order valence-corrected chi connectivity index (χ0v) is 39.8. The van der Waals surface area contributed by atoms with Crippen LogP contribution in [0.15, 0.2) is 188 Å². The van der Waals surface area contributed by atoms with Gasteiger partial charge in [0.1, 0.15) is 0 Å². The number of hydrogen-bond acceptors (Lipinski definition) is 1. The van der Waals surface area contributed by atoms with Crippen LogP contribution in [-0.2, 0) is 16.2 Å². The summed E-state index contributed by atoms with van der Waals surface area (Å²) in [5.41, 5.74) is 16.1. The van der Waals surface area contributed by atoms with Gasteiger partial charge in [0, 0.05) is 32.8 Å². The van der Waals surface area contributed by atoms with E-state index in [1.165, 1.54) is 98.8 Å². The van der Waals surface area contributed by atoms with Crippen molar-refractivity contribution in [1.82, 2.24) is 4.57 Å². The van der Waals surface area contributed by atoms with Crippen LogP contribution >= 0.6 is 0 Å². The molecule has 1 heterocycles. The summed E-state index contributed by atoms with van der Waals surface area (Å²) in [5, 5.41) is 10.1.